The molecule has 0 heterocycles. The maximum atomic E-state index is 13.2. The monoisotopic (exact) mass is 691 g/mol. The Morgan fingerprint density at radius 3 is 2.11 bits per heavy atom. The molecule has 0 aliphatic carbocycles. The van der Waals surface area contributed by atoms with Crippen molar-refractivity contribution >= 4 is 69.0 Å². The third kappa shape index (κ3) is 8.65. The number of hydrazone groups is 1. The van der Waals surface area contributed by atoms with Crippen molar-refractivity contribution in [1.29, 1.82) is 0 Å². The van der Waals surface area contributed by atoms with Crippen molar-refractivity contribution in [2.45, 2.75) is 0 Å². The summed E-state index contributed by atoms with van der Waals surface area (Å²) in [5.74, 6) is -2.28. The minimum Gasteiger partial charge on any atom is -0.422 e. The van der Waals surface area contributed by atoms with Crippen molar-refractivity contribution in [3.05, 3.63) is 149 Å². The Morgan fingerprint density at radius 1 is 0.867 bits per heavy atom. The third-order valence-corrected chi connectivity index (χ3v) is 6.71. The zero-order chi connectivity index (χ0) is 32.5. The van der Waals surface area contributed by atoms with Crippen molar-refractivity contribution in [2.24, 2.45) is 5.10 Å². The molecule has 4 aromatic carbocycles. The van der Waals surface area contributed by atoms with E-state index in [9.17, 15) is 34.6 Å². The van der Waals surface area contributed by atoms with Gasteiger partial charge in [0.15, 0.2) is 0 Å². The lowest BCUT2D eigenvalue weighted by molar-refractivity contribution is -0.385. The number of amides is 2. The molecule has 0 radical (unpaired) electrons. The number of halogens is 2. The molecule has 0 aliphatic heterocycles. The molecule has 0 fully saturated rings. The highest BCUT2D eigenvalue weighted by molar-refractivity contribution is 9.10. The lowest BCUT2D eigenvalue weighted by atomic mass is 10.1. The van der Waals surface area contributed by atoms with Crippen LogP contribution in [0.5, 0.6) is 5.75 Å². The number of carbonyl (C=O) groups excluding carboxylic acids is 3. The number of hydrogen-bond donors (Lipinski definition) is 2. The fraction of sp³-hybridized carbons (Fsp3) is 0. The van der Waals surface area contributed by atoms with E-state index in [1.165, 1.54) is 79.0 Å². The standard InChI is InChI=1S/C30H19BrClN5O8/c31-21-9-14-27(45-30(40)19-7-12-23(13-8-19)37(43)44)20(16-21)17-33-35-29(39)26(15-18-5-10-22(11-6-18)36(41)42)34-28(38)24-3-1-2-4-25(24)32/h1-17H,(H,34,38)(H,35,39)/b26-15+,33-17-. The third-order valence-electron chi connectivity index (χ3n) is 5.88. The van der Waals surface area contributed by atoms with Gasteiger partial charge in [0.25, 0.3) is 23.2 Å². The Labute approximate surface area is 267 Å². The normalized spacial score (nSPS) is 11.1. The van der Waals surface area contributed by atoms with Gasteiger partial charge in [-0.05, 0) is 66.2 Å². The van der Waals surface area contributed by atoms with E-state index >= 15 is 0 Å². The summed E-state index contributed by atoms with van der Waals surface area (Å²) in [6, 6.07) is 20.9. The molecule has 2 N–H and O–H groups in total. The van der Waals surface area contributed by atoms with Gasteiger partial charge in [0, 0.05) is 34.3 Å². The summed E-state index contributed by atoms with van der Waals surface area (Å²) in [5.41, 5.74) is 2.46. The summed E-state index contributed by atoms with van der Waals surface area (Å²) < 4.78 is 6.04. The van der Waals surface area contributed by atoms with Crippen molar-refractivity contribution in [2.75, 3.05) is 0 Å². The first-order valence-corrected chi connectivity index (χ1v) is 13.8. The van der Waals surface area contributed by atoms with Crippen LogP contribution in [-0.2, 0) is 4.79 Å². The van der Waals surface area contributed by atoms with E-state index in [1.807, 2.05) is 0 Å². The number of ether oxygens (including phenoxy) is 1. The van der Waals surface area contributed by atoms with Crippen LogP contribution in [0.2, 0.25) is 5.02 Å². The highest BCUT2D eigenvalue weighted by atomic mass is 79.9. The van der Waals surface area contributed by atoms with Gasteiger partial charge in [0.05, 0.1) is 32.2 Å². The van der Waals surface area contributed by atoms with E-state index in [2.05, 4.69) is 31.8 Å². The number of nitrogens with zero attached hydrogens (tertiary/aromatic N) is 3. The molecule has 0 aromatic heterocycles. The van der Waals surface area contributed by atoms with Crippen molar-refractivity contribution in [1.82, 2.24) is 10.7 Å². The van der Waals surface area contributed by atoms with E-state index in [-0.39, 0.29) is 44.5 Å². The second-order valence-electron chi connectivity index (χ2n) is 8.92. The molecule has 0 bridgehead atoms. The first-order valence-electron chi connectivity index (χ1n) is 12.6. The minimum absolute atomic E-state index is 0.0632. The van der Waals surface area contributed by atoms with Gasteiger partial charge >= 0.3 is 5.97 Å². The maximum Gasteiger partial charge on any atom is 0.343 e. The molecule has 45 heavy (non-hydrogen) atoms. The number of carbonyl (C=O) groups is 3. The number of benzene rings is 4. The smallest absolute Gasteiger partial charge is 0.343 e. The summed E-state index contributed by atoms with van der Waals surface area (Å²) in [4.78, 5) is 59.5. The summed E-state index contributed by atoms with van der Waals surface area (Å²) in [5, 5.41) is 28.5. The number of hydrogen-bond acceptors (Lipinski definition) is 9. The minimum atomic E-state index is -0.857. The van der Waals surface area contributed by atoms with Gasteiger partial charge in [0.2, 0.25) is 0 Å². The lowest BCUT2D eigenvalue weighted by Crippen LogP contribution is -2.33. The summed E-state index contributed by atoms with van der Waals surface area (Å²) in [7, 11) is 0. The van der Waals surface area contributed by atoms with Crippen LogP contribution >= 0.6 is 27.5 Å². The van der Waals surface area contributed by atoms with Gasteiger partial charge in [-0.2, -0.15) is 5.10 Å². The van der Waals surface area contributed by atoms with E-state index in [0.29, 0.717) is 10.0 Å². The largest absolute Gasteiger partial charge is 0.422 e. The molecule has 4 aromatic rings. The van der Waals surface area contributed by atoms with E-state index in [4.69, 9.17) is 16.3 Å². The lowest BCUT2D eigenvalue weighted by Gasteiger charge is -2.10. The average Bonchev–Trinajstić information content (AvgIpc) is 3.02. The molecule has 226 valence electrons. The van der Waals surface area contributed by atoms with Crippen LogP contribution in [0.15, 0.2) is 106 Å². The SMILES string of the molecule is O=C(N/N=C\c1cc(Br)ccc1OC(=O)c1ccc([N+](=O)[O-])cc1)/C(=C\c1ccc([N+](=O)[O-])cc1)NC(=O)c1ccccc1Cl. The average molecular weight is 693 g/mol. The van der Waals surface area contributed by atoms with Crippen LogP contribution < -0.4 is 15.5 Å². The Morgan fingerprint density at radius 2 is 1.49 bits per heavy atom. The summed E-state index contributed by atoms with van der Waals surface area (Å²) in [6.07, 6.45) is 2.49. The van der Waals surface area contributed by atoms with Crippen molar-refractivity contribution < 1.29 is 29.0 Å². The van der Waals surface area contributed by atoms with Gasteiger partial charge in [-0.1, -0.05) is 39.7 Å². The van der Waals surface area contributed by atoms with Crippen molar-refractivity contribution in [3.63, 3.8) is 0 Å². The van der Waals surface area contributed by atoms with Crippen LogP contribution in [0, 0.1) is 20.2 Å². The van der Waals surface area contributed by atoms with Crippen LogP contribution in [0.1, 0.15) is 31.8 Å². The molecule has 0 saturated carbocycles. The highest BCUT2D eigenvalue weighted by Crippen LogP contribution is 2.24. The van der Waals surface area contributed by atoms with Crippen molar-refractivity contribution in [3.8, 4) is 5.75 Å². The molecule has 13 nitrogen and oxygen atoms in total. The first-order chi connectivity index (χ1) is 21.5. The summed E-state index contributed by atoms with van der Waals surface area (Å²) >= 11 is 9.44. The second kappa shape index (κ2) is 14.6. The number of esters is 1. The van der Waals surface area contributed by atoms with Gasteiger partial charge in [-0.15, -0.1) is 0 Å². The highest BCUT2D eigenvalue weighted by Gasteiger charge is 2.18. The molecule has 0 saturated heterocycles. The zero-order valence-corrected chi connectivity index (χ0v) is 25.0. The van der Waals surface area contributed by atoms with E-state index in [0.717, 1.165) is 0 Å². The molecule has 4 rings (SSSR count). The molecule has 0 unspecified atom stereocenters. The number of rotatable bonds is 10. The van der Waals surface area contributed by atoms with Gasteiger partial charge in [-0.3, -0.25) is 29.8 Å². The van der Waals surface area contributed by atoms with Crippen LogP contribution in [0.25, 0.3) is 6.08 Å². The topological polar surface area (TPSA) is 183 Å². The van der Waals surface area contributed by atoms with Gasteiger partial charge in [0.1, 0.15) is 11.4 Å². The number of nitro groups is 2. The van der Waals surface area contributed by atoms with Gasteiger partial charge < -0.3 is 10.1 Å². The quantitative estimate of drug-likeness (QED) is 0.0502. The molecule has 0 aliphatic rings. The van der Waals surface area contributed by atoms with Crippen LogP contribution in [0.4, 0.5) is 11.4 Å². The maximum absolute atomic E-state index is 13.2. The molecule has 0 spiro atoms. The fourth-order valence-electron chi connectivity index (χ4n) is 3.66. The second-order valence-corrected chi connectivity index (χ2v) is 10.2. The first kappa shape index (κ1) is 32.2. The predicted octanol–water partition coefficient (Wildman–Crippen LogP) is 6.06. The van der Waals surface area contributed by atoms with E-state index < -0.39 is 27.6 Å². The zero-order valence-electron chi connectivity index (χ0n) is 22.7. The number of non-ortho nitro benzene ring substituents is 2. The van der Waals surface area contributed by atoms with E-state index in [1.54, 1.807) is 24.3 Å². The Bertz CT molecular complexity index is 1860. The van der Waals surface area contributed by atoms with Crippen LogP contribution in [0.3, 0.4) is 0 Å². The molecule has 2 amide bonds. The Kier molecular flexibility index (Phi) is 10.5. The number of nitro benzene ring substituents is 2. The van der Waals surface area contributed by atoms with Gasteiger partial charge in [-0.25, -0.2) is 10.2 Å². The molecule has 15 heteroatoms. The van der Waals surface area contributed by atoms with Crippen LogP contribution in [-0.4, -0.2) is 33.8 Å². The molecule has 0 atom stereocenters. The Balaban J connectivity index is 1.55. The number of nitrogens with one attached hydrogen (secondary N) is 2. The fourth-order valence-corrected chi connectivity index (χ4v) is 4.26. The molecular formula is C30H19BrClN5O8. The Hall–Kier alpha value is -5.73. The predicted molar refractivity (Wildman–Crippen MR) is 168 cm³/mol. The summed E-state index contributed by atoms with van der Waals surface area (Å²) in [6.45, 7) is 0. The molecular weight excluding hydrogens is 674 g/mol.